The quantitative estimate of drug-likeness (QED) is 0.733. The van der Waals surface area contributed by atoms with Gasteiger partial charge in [-0.3, -0.25) is 4.79 Å². The molecule has 0 N–H and O–H groups in total. The van der Waals surface area contributed by atoms with Crippen molar-refractivity contribution in [2.24, 2.45) is 0 Å². The van der Waals surface area contributed by atoms with Crippen LogP contribution in [0.1, 0.15) is 52.4 Å². The van der Waals surface area contributed by atoms with E-state index in [1.165, 1.54) is 25.9 Å². The first-order valence-corrected chi connectivity index (χ1v) is 7.26. The molecule has 3 nitrogen and oxygen atoms in total. The first kappa shape index (κ1) is 12.9. The molecule has 2 saturated heterocycles. The monoisotopic (exact) mass is 238 g/mol. The van der Waals surface area contributed by atoms with Crippen LogP contribution in [-0.4, -0.2) is 47.4 Å². The van der Waals surface area contributed by atoms with E-state index in [1.807, 2.05) is 0 Å². The fraction of sp³-hybridized carbons (Fsp3) is 0.929. The van der Waals surface area contributed by atoms with Gasteiger partial charge < -0.3 is 9.80 Å². The molecule has 17 heavy (non-hydrogen) atoms. The molecule has 2 aliphatic heterocycles. The molecule has 0 saturated carbocycles. The van der Waals surface area contributed by atoms with Crippen LogP contribution in [0.5, 0.6) is 0 Å². The number of likely N-dealkylation sites (tertiary alicyclic amines) is 2. The molecule has 2 rings (SSSR count). The highest BCUT2D eigenvalue weighted by Crippen LogP contribution is 2.22. The Morgan fingerprint density at radius 3 is 2.41 bits per heavy atom. The molecule has 0 bridgehead atoms. The smallest absolute Gasteiger partial charge is 0.222 e. The summed E-state index contributed by atoms with van der Waals surface area (Å²) in [6.45, 7) is 8.04. The number of hydrogen-bond donors (Lipinski definition) is 0. The maximum absolute atomic E-state index is 11.8. The van der Waals surface area contributed by atoms with E-state index in [4.69, 9.17) is 0 Å². The Hall–Kier alpha value is -0.570. The summed E-state index contributed by atoms with van der Waals surface area (Å²) >= 11 is 0. The van der Waals surface area contributed by atoms with Gasteiger partial charge in [-0.05, 0) is 52.1 Å². The van der Waals surface area contributed by atoms with Gasteiger partial charge in [-0.25, -0.2) is 0 Å². The van der Waals surface area contributed by atoms with Crippen LogP contribution in [0.2, 0.25) is 0 Å². The molecule has 0 spiro atoms. The third kappa shape index (κ3) is 3.01. The van der Waals surface area contributed by atoms with E-state index in [-0.39, 0.29) is 0 Å². The molecule has 1 amide bonds. The minimum Gasteiger partial charge on any atom is -0.340 e. The van der Waals surface area contributed by atoms with Crippen molar-refractivity contribution in [3.63, 3.8) is 0 Å². The summed E-state index contributed by atoms with van der Waals surface area (Å²) in [6, 6.07) is 1.11. The predicted octanol–water partition coefficient (Wildman–Crippen LogP) is 2.26. The number of hydrogen-bond acceptors (Lipinski definition) is 2. The average Bonchev–Trinajstić information content (AvgIpc) is 2.96. The first-order valence-electron chi connectivity index (χ1n) is 7.26. The highest BCUT2D eigenvalue weighted by molar-refractivity contribution is 5.78. The zero-order valence-corrected chi connectivity index (χ0v) is 11.3. The summed E-state index contributed by atoms with van der Waals surface area (Å²) in [5.41, 5.74) is 0. The Kier molecular flexibility index (Phi) is 4.43. The van der Waals surface area contributed by atoms with Crippen molar-refractivity contribution in [1.29, 1.82) is 0 Å². The lowest BCUT2D eigenvalue weighted by molar-refractivity contribution is -0.130. The lowest BCUT2D eigenvalue weighted by Crippen LogP contribution is -2.41. The van der Waals surface area contributed by atoms with Gasteiger partial charge in [0.05, 0.1) is 0 Å². The van der Waals surface area contributed by atoms with Gasteiger partial charge >= 0.3 is 0 Å². The summed E-state index contributed by atoms with van der Waals surface area (Å²) in [4.78, 5) is 16.5. The SMILES string of the molecule is CCC(CC(C)N1CCCC1)N1CCCC1=O. The molecule has 0 aromatic heterocycles. The molecule has 3 heteroatoms. The van der Waals surface area contributed by atoms with Gasteiger partial charge in [0, 0.05) is 25.0 Å². The summed E-state index contributed by atoms with van der Waals surface area (Å²) in [5, 5.41) is 0. The van der Waals surface area contributed by atoms with E-state index in [0.29, 0.717) is 18.0 Å². The van der Waals surface area contributed by atoms with Crippen LogP contribution in [-0.2, 0) is 4.79 Å². The van der Waals surface area contributed by atoms with E-state index in [1.54, 1.807) is 0 Å². The first-order chi connectivity index (χ1) is 8.22. The van der Waals surface area contributed by atoms with E-state index >= 15 is 0 Å². The van der Waals surface area contributed by atoms with Crippen LogP contribution in [0.4, 0.5) is 0 Å². The Morgan fingerprint density at radius 1 is 1.18 bits per heavy atom. The number of carbonyl (C=O) groups is 1. The maximum Gasteiger partial charge on any atom is 0.222 e. The van der Waals surface area contributed by atoms with Crippen LogP contribution < -0.4 is 0 Å². The molecule has 2 atom stereocenters. The minimum atomic E-state index is 0.380. The van der Waals surface area contributed by atoms with Crippen LogP contribution >= 0.6 is 0 Å². The van der Waals surface area contributed by atoms with E-state index in [9.17, 15) is 4.79 Å². The van der Waals surface area contributed by atoms with Crippen LogP contribution in [0, 0.1) is 0 Å². The van der Waals surface area contributed by atoms with Gasteiger partial charge in [-0.15, -0.1) is 0 Å². The maximum atomic E-state index is 11.8. The van der Waals surface area contributed by atoms with Gasteiger partial charge in [0.15, 0.2) is 0 Å². The molecular formula is C14H26N2O. The number of amides is 1. The van der Waals surface area contributed by atoms with Crippen LogP contribution in [0.15, 0.2) is 0 Å². The molecule has 2 aliphatic rings. The second-order valence-electron chi connectivity index (χ2n) is 5.58. The number of rotatable bonds is 5. The normalized spacial score (nSPS) is 25.5. The van der Waals surface area contributed by atoms with Crippen molar-refractivity contribution in [3.05, 3.63) is 0 Å². The van der Waals surface area contributed by atoms with Gasteiger partial charge in [0.25, 0.3) is 0 Å². The van der Waals surface area contributed by atoms with Crippen molar-refractivity contribution in [3.8, 4) is 0 Å². The van der Waals surface area contributed by atoms with Crippen LogP contribution in [0.25, 0.3) is 0 Å². The lowest BCUT2D eigenvalue weighted by atomic mass is 10.0. The zero-order valence-electron chi connectivity index (χ0n) is 11.3. The van der Waals surface area contributed by atoms with Gasteiger partial charge in [-0.1, -0.05) is 6.92 Å². The molecule has 0 aromatic carbocycles. The van der Waals surface area contributed by atoms with E-state index < -0.39 is 0 Å². The van der Waals surface area contributed by atoms with Crippen molar-refractivity contribution >= 4 is 5.91 Å². The lowest BCUT2D eigenvalue weighted by Gasteiger charge is -2.32. The summed E-state index contributed by atoms with van der Waals surface area (Å²) in [5.74, 6) is 0.380. The van der Waals surface area contributed by atoms with E-state index in [2.05, 4.69) is 23.6 Å². The van der Waals surface area contributed by atoms with Gasteiger partial charge in [-0.2, -0.15) is 0 Å². The molecule has 0 aliphatic carbocycles. The van der Waals surface area contributed by atoms with Gasteiger partial charge in [0.1, 0.15) is 0 Å². The minimum absolute atomic E-state index is 0.380. The predicted molar refractivity (Wildman–Crippen MR) is 69.9 cm³/mol. The molecular weight excluding hydrogens is 212 g/mol. The molecule has 0 radical (unpaired) electrons. The molecule has 98 valence electrons. The summed E-state index contributed by atoms with van der Waals surface area (Å²) in [6.07, 6.45) is 6.79. The average molecular weight is 238 g/mol. The second-order valence-corrected chi connectivity index (χ2v) is 5.58. The molecule has 0 aromatic rings. The van der Waals surface area contributed by atoms with E-state index in [0.717, 1.165) is 32.2 Å². The fourth-order valence-electron chi connectivity index (χ4n) is 3.29. The standard InChI is InChI=1S/C14H26N2O/c1-3-13(16-10-6-7-14(16)17)11-12(2)15-8-4-5-9-15/h12-13H,3-11H2,1-2H3. The number of carbonyl (C=O) groups excluding carboxylic acids is 1. The third-order valence-corrected chi connectivity index (χ3v) is 4.40. The third-order valence-electron chi connectivity index (χ3n) is 4.40. The number of nitrogens with zero attached hydrogens (tertiary/aromatic N) is 2. The highest BCUT2D eigenvalue weighted by atomic mass is 16.2. The highest BCUT2D eigenvalue weighted by Gasteiger charge is 2.29. The van der Waals surface area contributed by atoms with Crippen molar-refractivity contribution in [1.82, 2.24) is 9.80 Å². The van der Waals surface area contributed by atoms with Crippen molar-refractivity contribution < 1.29 is 4.79 Å². The van der Waals surface area contributed by atoms with Crippen molar-refractivity contribution in [2.75, 3.05) is 19.6 Å². The second kappa shape index (κ2) is 5.85. The molecule has 2 fully saturated rings. The fourth-order valence-corrected chi connectivity index (χ4v) is 3.29. The van der Waals surface area contributed by atoms with Gasteiger partial charge in [0.2, 0.25) is 5.91 Å². The Labute approximate surface area is 105 Å². The molecule has 2 heterocycles. The summed E-state index contributed by atoms with van der Waals surface area (Å²) in [7, 11) is 0. The van der Waals surface area contributed by atoms with Crippen molar-refractivity contribution in [2.45, 2.75) is 64.5 Å². The largest absolute Gasteiger partial charge is 0.340 e. The molecule has 2 unspecified atom stereocenters. The Morgan fingerprint density at radius 2 is 1.88 bits per heavy atom. The summed E-state index contributed by atoms with van der Waals surface area (Å²) < 4.78 is 0. The Bertz CT molecular complexity index is 261. The van der Waals surface area contributed by atoms with Crippen LogP contribution in [0.3, 0.4) is 0 Å². The Balaban J connectivity index is 1.87. The zero-order chi connectivity index (χ0) is 12.3. The topological polar surface area (TPSA) is 23.6 Å².